The van der Waals surface area contributed by atoms with Crippen LogP contribution in [0.4, 0.5) is 0 Å². The number of furan rings is 1. The summed E-state index contributed by atoms with van der Waals surface area (Å²) in [6.45, 7) is 2.85. The highest BCUT2D eigenvalue weighted by Gasteiger charge is 2.31. The fraction of sp³-hybridized carbons (Fsp3) is 0.250. The standard InChI is InChI=1S/C24H23N3OS/c1-17-8-5-6-12-21(17)22(18-9-3-2-4-10-18)29-24-26-25-23(19-13-14-19)27(24)16-20-11-7-15-28-20/h2-12,15,19,22H,13-14,16H2,1H3. The van der Waals surface area contributed by atoms with Gasteiger partial charge in [-0.3, -0.25) is 4.57 Å². The predicted molar refractivity (Wildman–Crippen MR) is 115 cm³/mol. The van der Waals surface area contributed by atoms with Crippen LogP contribution in [0.5, 0.6) is 0 Å². The SMILES string of the molecule is Cc1ccccc1C(Sc1nnc(C2CC2)n1Cc1ccco1)c1ccccc1. The van der Waals surface area contributed by atoms with Gasteiger partial charge in [-0.2, -0.15) is 0 Å². The Kier molecular flexibility index (Phi) is 4.98. The van der Waals surface area contributed by atoms with Gasteiger partial charge in [0.15, 0.2) is 5.16 Å². The highest BCUT2D eigenvalue weighted by atomic mass is 32.2. The molecule has 1 atom stereocenters. The minimum atomic E-state index is 0.156. The second-order valence-electron chi connectivity index (χ2n) is 7.55. The molecule has 29 heavy (non-hydrogen) atoms. The first-order valence-electron chi connectivity index (χ1n) is 10.0. The van der Waals surface area contributed by atoms with Crippen LogP contribution in [0.3, 0.4) is 0 Å². The molecule has 1 fully saturated rings. The molecule has 0 saturated heterocycles. The molecule has 0 aliphatic heterocycles. The highest BCUT2D eigenvalue weighted by molar-refractivity contribution is 7.99. The van der Waals surface area contributed by atoms with Crippen LogP contribution in [-0.4, -0.2) is 14.8 Å². The van der Waals surface area contributed by atoms with Crippen molar-refractivity contribution in [1.82, 2.24) is 14.8 Å². The van der Waals surface area contributed by atoms with Gasteiger partial charge in [-0.15, -0.1) is 10.2 Å². The van der Waals surface area contributed by atoms with Gasteiger partial charge in [0.25, 0.3) is 0 Å². The fourth-order valence-electron chi connectivity index (χ4n) is 3.66. The fourth-order valence-corrected chi connectivity index (χ4v) is 4.93. The number of rotatable bonds is 7. The van der Waals surface area contributed by atoms with E-state index >= 15 is 0 Å². The van der Waals surface area contributed by atoms with E-state index in [2.05, 4.69) is 76.3 Å². The number of thioether (sulfide) groups is 1. The van der Waals surface area contributed by atoms with Crippen LogP contribution >= 0.6 is 11.8 Å². The number of hydrogen-bond donors (Lipinski definition) is 0. The van der Waals surface area contributed by atoms with Gasteiger partial charge in [0.2, 0.25) is 0 Å². The number of aromatic nitrogens is 3. The molecule has 5 heteroatoms. The Morgan fingerprint density at radius 3 is 2.52 bits per heavy atom. The lowest BCUT2D eigenvalue weighted by atomic mass is 10.0. The summed E-state index contributed by atoms with van der Waals surface area (Å²) in [5.41, 5.74) is 3.87. The van der Waals surface area contributed by atoms with Gasteiger partial charge in [-0.25, -0.2) is 0 Å². The van der Waals surface area contributed by atoms with E-state index in [-0.39, 0.29) is 5.25 Å². The van der Waals surface area contributed by atoms with E-state index in [0.29, 0.717) is 12.5 Å². The summed E-state index contributed by atoms with van der Waals surface area (Å²) in [5, 5.41) is 10.3. The van der Waals surface area contributed by atoms with E-state index in [9.17, 15) is 0 Å². The molecule has 1 aliphatic rings. The van der Waals surface area contributed by atoms with Crippen LogP contribution in [0, 0.1) is 6.92 Å². The van der Waals surface area contributed by atoms with Crippen LogP contribution in [0.15, 0.2) is 82.6 Å². The Hall–Kier alpha value is -2.79. The number of nitrogens with zero attached hydrogens (tertiary/aromatic N) is 3. The van der Waals surface area contributed by atoms with Crippen molar-refractivity contribution >= 4 is 11.8 Å². The summed E-state index contributed by atoms with van der Waals surface area (Å²) in [4.78, 5) is 0. The van der Waals surface area contributed by atoms with Gasteiger partial charge in [-0.05, 0) is 48.6 Å². The maximum absolute atomic E-state index is 5.62. The second kappa shape index (κ2) is 7.91. The number of hydrogen-bond acceptors (Lipinski definition) is 4. The average Bonchev–Trinajstić information content (AvgIpc) is 3.32. The topological polar surface area (TPSA) is 43.9 Å². The first-order chi connectivity index (χ1) is 14.3. The van der Waals surface area contributed by atoms with Crippen molar-refractivity contribution < 1.29 is 4.42 Å². The molecule has 0 radical (unpaired) electrons. The molecule has 2 aromatic heterocycles. The monoisotopic (exact) mass is 401 g/mol. The largest absolute Gasteiger partial charge is 0.467 e. The van der Waals surface area contributed by atoms with Gasteiger partial charge in [0.05, 0.1) is 18.1 Å². The zero-order chi connectivity index (χ0) is 19.6. The van der Waals surface area contributed by atoms with E-state index in [1.165, 1.54) is 29.5 Å². The smallest absolute Gasteiger partial charge is 0.192 e. The van der Waals surface area contributed by atoms with Gasteiger partial charge >= 0.3 is 0 Å². The molecular formula is C24H23N3OS. The third-order valence-electron chi connectivity index (χ3n) is 5.38. The molecule has 4 nitrogen and oxygen atoms in total. The van der Waals surface area contributed by atoms with Crippen LogP contribution < -0.4 is 0 Å². The third-order valence-corrected chi connectivity index (χ3v) is 6.65. The molecule has 2 heterocycles. The van der Waals surface area contributed by atoms with Crippen molar-refractivity contribution in [3.63, 3.8) is 0 Å². The molecule has 146 valence electrons. The van der Waals surface area contributed by atoms with Crippen molar-refractivity contribution in [3.8, 4) is 0 Å². The summed E-state index contributed by atoms with van der Waals surface area (Å²) in [6, 6.07) is 23.2. The van der Waals surface area contributed by atoms with Crippen LogP contribution in [0.1, 0.15) is 52.3 Å². The lowest BCUT2D eigenvalue weighted by molar-refractivity contribution is 0.478. The molecule has 4 aromatic rings. The van der Waals surface area contributed by atoms with Gasteiger partial charge < -0.3 is 4.42 Å². The maximum atomic E-state index is 5.62. The highest BCUT2D eigenvalue weighted by Crippen LogP contribution is 2.44. The van der Waals surface area contributed by atoms with E-state index in [0.717, 1.165) is 16.7 Å². The Balaban J connectivity index is 1.55. The van der Waals surface area contributed by atoms with Crippen molar-refractivity contribution in [3.05, 3.63) is 101 Å². The van der Waals surface area contributed by atoms with E-state index in [1.54, 1.807) is 18.0 Å². The number of aryl methyl sites for hydroxylation is 1. The molecule has 0 amide bonds. The first-order valence-corrected chi connectivity index (χ1v) is 10.9. The molecule has 2 aromatic carbocycles. The molecule has 1 saturated carbocycles. The minimum Gasteiger partial charge on any atom is -0.467 e. The second-order valence-corrected chi connectivity index (χ2v) is 8.62. The summed E-state index contributed by atoms with van der Waals surface area (Å²) in [7, 11) is 0. The van der Waals surface area contributed by atoms with Gasteiger partial charge in [0.1, 0.15) is 11.6 Å². The molecule has 0 N–H and O–H groups in total. The quantitative estimate of drug-likeness (QED) is 0.357. The Morgan fingerprint density at radius 1 is 1.00 bits per heavy atom. The van der Waals surface area contributed by atoms with Crippen molar-refractivity contribution in [2.24, 2.45) is 0 Å². The zero-order valence-corrected chi connectivity index (χ0v) is 17.2. The molecular weight excluding hydrogens is 378 g/mol. The lowest BCUT2D eigenvalue weighted by Gasteiger charge is -2.20. The van der Waals surface area contributed by atoms with Crippen molar-refractivity contribution in [2.45, 2.75) is 42.6 Å². The van der Waals surface area contributed by atoms with Crippen molar-refractivity contribution in [1.29, 1.82) is 0 Å². The summed E-state index contributed by atoms with van der Waals surface area (Å²) in [6.07, 6.45) is 4.12. The van der Waals surface area contributed by atoms with Crippen LogP contribution in [0.2, 0.25) is 0 Å². The molecule has 0 spiro atoms. The number of benzene rings is 2. The minimum absolute atomic E-state index is 0.156. The molecule has 0 bridgehead atoms. The normalized spacial score (nSPS) is 14.8. The zero-order valence-electron chi connectivity index (χ0n) is 16.4. The third kappa shape index (κ3) is 3.87. The molecule has 1 unspecified atom stereocenters. The van der Waals surface area contributed by atoms with Gasteiger partial charge in [0, 0.05) is 5.92 Å². The average molecular weight is 402 g/mol. The van der Waals surface area contributed by atoms with E-state index in [4.69, 9.17) is 4.42 Å². The summed E-state index contributed by atoms with van der Waals surface area (Å²) < 4.78 is 7.87. The lowest BCUT2D eigenvalue weighted by Crippen LogP contribution is -2.07. The first kappa shape index (κ1) is 18.3. The van der Waals surface area contributed by atoms with E-state index < -0.39 is 0 Å². The summed E-state index contributed by atoms with van der Waals surface area (Å²) in [5.74, 6) is 2.54. The Bertz CT molecular complexity index is 1080. The van der Waals surface area contributed by atoms with Crippen LogP contribution in [0.25, 0.3) is 0 Å². The van der Waals surface area contributed by atoms with Crippen molar-refractivity contribution in [2.75, 3.05) is 0 Å². The Morgan fingerprint density at radius 2 is 1.79 bits per heavy atom. The maximum Gasteiger partial charge on any atom is 0.192 e. The van der Waals surface area contributed by atoms with Crippen LogP contribution in [-0.2, 0) is 6.54 Å². The molecule has 1 aliphatic carbocycles. The Labute approximate surface area is 175 Å². The van der Waals surface area contributed by atoms with E-state index in [1.807, 2.05) is 12.1 Å². The molecule has 5 rings (SSSR count). The summed E-state index contributed by atoms with van der Waals surface area (Å²) >= 11 is 1.77. The van der Waals surface area contributed by atoms with Gasteiger partial charge in [-0.1, -0.05) is 66.4 Å². The predicted octanol–water partition coefficient (Wildman–Crippen LogP) is 5.99.